The van der Waals surface area contributed by atoms with E-state index in [4.69, 9.17) is 4.74 Å². The van der Waals surface area contributed by atoms with Crippen molar-refractivity contribution in [3.63, 3.8) is 0 Å². The van der Waals surface area contributed by atoms with Crippen LogP contribution in [0.4, 0.5) is 0 Å². The summed E-state index contributed by atoms with van der Waals surface area (Å²) in [4.78, 5) is 32.9. The number of pyridine rings is 1. The quantitative estimate of drug-likeness (QED) is 0.644. The largest absolute Gasteiger partial charge is 0.394 e. The molecule has 3 heterocycles. The number of aliphatic hydroxyl groups is 1. The highest BCUT2D eigenvalue weighted by Gasteiger charge is 2.30. The lowest BCUT2D eigenvalue weighted by molar-refractivity contribution is -0.137. The van der Waals surface area contributed by atoms with Gasteiger partial charge in [-0.3, -0.25) is 14.6 Å². The molecule has 0 saturated carbocycles. The van der Waals surface area contributed by atoms with Crippen molar-refractivity contribution in [1.29, 1.82) is 0 Å². The van der Waals surface area contributed by atoms with Crippen LogP contribution in [-0.4, -0.2) is 89.8 Å². The third-order valence-corrected chi connectivity index (χ3v) is 5.09. The minimum Gasteiger partial charge on any atom is -0.394 e. The van der Waals surface area contributed by atoms with Crippen molar-refractivity contribution < 1.29 is 19.4 Å². The van der Waals surface area contributed by atoms with E-state index < -0.39 is 18.2 Å². The summed E-state index contributed by atoms with van der Waals surface area (Å²) in [5, 5.41) is 12.5. The summed E-state index contributed by atoms with van der Waals surface area (Å²) in [5.41, 5.74) is 0.678. The number of hydrogen-bond donors (Lipinski definition) is 2. The Labute approximate surface area is 165 Å². The van der Waals surface area contributed by atoms with Gasteiger partial charge in [-0.15, -0.1) is 0 Å². The van der Waals surface area contributed by atoms with Gasteiger partial charge in [0.2, 0.25) is 11.8 Å². The molecule has 8 nitrogen and oxygen atoms in total. The highest BCUT2D eigenvalue weighted by atomic mass is 16.5. The van der Waals surface area contributed by atoms with Crippen molar-refractivity contribution >= 4 is 11.8 Å². The predicted molar refractivity (Wildman–Crippen MR) is 103 cm³/mol. The van der Waals surface area contributed by atoms with E-state index in [1.54, 1.807) is 24.4 Å². The van der Waals surface area contributed by atoms with Crippen LogP contribution in [0.15, 0.2) is 36.5 Å². The van der Waals surface area contributed by atoms with E-state index in [0.717, 1.165) is 26.2 Å². The monoisotopic (exact) mass is 388 g/mol. The molecule has 1 saturated heterocycles. The SMILES string of the molecule is CN1CCN(C(=O)C[C@H]2C=C[C@H](NC(=O)Cc3ccccn3)[C@H](CO)O2)CC1. The van der Waals surface area contributed by atoms with Gasteiger partial charge in [0.25, 0.3) is 0 Å². The molecule has 0 aliphatic carbocycles. The molecule has 0 radical (unpaired) electrons. The van der Waals surface area contributed by atoms with Gasteiger partial charge in [-0.25, -0.2) is 0 Å². The number of likely N-dealkylation sites (N-methyl/N-ethyl adjacent to an activating group) is 1. The Bertz CT molecular complexity index is 689. The Hall–Kier alpha value is -2.29. The van der Waals surface area contributed by atoms with Crippen LogP contribution in [0.5, 0.6) is 0 Å². The standard InChI is InChI=1S/C20H28N4O4/c1-23-8-10-24(11-9-23)20(27)13-16-5-6-17(18(14-25)28-16)22-19(26)12-15-4-2-3-7-21-15/h2-7,16-18,25H,8-14H2,1H3,(H,22,26)/t16-,17+,18+/m1/s1. The number of ether oxygens (including phenoxy) is 1. The van der Waals surface area contributed by atoms with Gasteiger partial charge in [-0.05, 0) is 19.2 Å². The van der Waals surface area contributed by atoms with E-state index in [-0.39, 0.29) is 31.3 Å². The van der Waals surface area contributed by atoms with Crippen molar-refractivity contribution in [2.45, 2.75) is 31.1 Å². The number of nitrogens with one attached hydrogen (secondary N) is 1. The van der Waals surface area contributed by atoms with Crippen LogP contribution in [0.3, 0.4) is 0 Å². The average Bonchev–Trinajstić information content (AvgIpc) is 2.70. The Morgan fingerprint density at radius 3 is 2.71 bits per heavy atom. The molecule has 2 N–H and O–H groups in total. The molecule has 1 aromatic heterocycles. The van der Waals surface area contributed by atoms with Gasteiger partial charge in [0.1, 0.15) is 6.10 Å². The fourth-order valence-corrected chi connectivity index (χ4v) is 3.40. The Morgan fingerprint density at radius 1 is 1.25 bits per heavy atom. The van der Waals surface area contributed by atoms with Crippen LogP contribution in [0.1, 0.15) is 12.1 Å². The lowest BCUT2D eigenvalue weighted by Crippen LogP contribution is -2.50. The van der Waals surface area contributed by atoms with Gasteiger partial charge < -0.3 is 25.0 Å². The Morgan fingerprint density at radius 2 is 2.04 bits per heavy atom. The molecule has 2 aliphatic rings. The summed E-state index contributed by atoms with van der Waals surface area (Å²) in [5.74, 6) is -0.139. The van der Waals surface area contributed by atoms with E-state index in [0.29, 0.717) is 5.69 Å². The number of aliphatic hydroxyl groups excluding tert-OH is 1. The fraction of sp³-hybridized carbons (Fsp3) is 0.550. The first-order valence-electron chi connectivity index (χ1n) is 9.65. The number of nitrogens with zero attached hydrogens (tertiary/aromatic N) is 3. The Kier molecular flexibility index (Phi) is 7.13. The maximum atomic E-state index is 12.5. The number of hydrogen-bond acceptors (Lipinski definition) is 6. The van der Waals surface area contributed by atoms with E-state index in [1.165, 1.54) is 0 Å². The second kappa shape index (κ2) is 9.77. The van der Waals surface area contributed by atoms with Gasteiger partial charge in [0, 0.05) is 38.1 Å². The lowest BCUT2D eigenvalue weighted by Gasteiger charge is -2.35. The van der Waals surface area contributed by atoms with Gasteiger partial charge >= 0.3 is 0 Å². The highest BCUT2D eigenvalue weighted by Crippen LogP contribution is 2.17. The van der Waals surface area contributed by atoms with Crippen LogP contribution >= 0.6 is 0 Å². The van der Waals surface area contributed by atoms with Crippen molar-refractivity contribution in [1.82, 2.24) is 20.1 Å². The molecule has 3 rings (SSSR count). The summed E-state index contributed by atoms with van der Waals surface area (Å²) in [6, 6.07) is 4.98. The minimum atomic E-state index is -0.581. The second-order valence-corrected chi connectivity index (χ2v) is 7.26. The van der Waals surface area contributed by atoms with Gasteiger partial charge in [-0.1, -0.05) is 18.2 Å². The molecule has 0 spiro atoms. The average molecular weight is 388 g/mol. The smallest absolute Gasteiger partial charge is 0.226 e. The van der Waals surface area contributed by atoms with Crippen LogP contribution in [0.25, 0.3) is 0 Å². The molecule has 2 amide bonds. The third kappa shape index (κ3) is 5.60. The van der Waals surface area contributed by atoms with E-state index in [9.17, 15) is 14.7 Å². The summed E-state index contributed by atoms with van der Waals surface area (Å²) in [6.07, 6.45) is 4.68. The summed E-state index contributed by atoms with van der Waals surface area (Å²) >= 11 is 0. The van der Waals surface area contributed by atoms with Crippen molar-refractivity contribution in [2.75, 3.05) is 39.8 Å². The summed E-state index contributed by atoms with van der Waals surface area (Å²) < 4.78 is 5.86. The number of piperazine rings is 1. The molecule has 0 aromatic carbocycles. The molecule has 1 fully saturated rings. The van der Waals surface area contributed by atoms with Gasteiger partial charge in [0.15, 0.2) is 0 Å². The van der Waals surface area contributed by atoms with E-state index in [2.05, 4.69) is 15.2 Å². The maximum absolute atomic E-state index is 12.5. The summed E-state index contributed by atoms with van der Waals surface area (Å²) in [6.45, 7) is 2.95. The predicted octanol–water partition coefficient (Wildman–Crippen LogP) is -0.411. The summed E-state index contributed by atoms with van der Waals surface area (Å²) in [7, 11) is 2.04. The van der Waals surface area contributed by atoms with Crippen LogP contribution in [0.2, 0.25) is 0 Å². The molecule has 0 unspecified atom stereocenters. The number of carbonyl (C=O) groups excluding carboxylic acids is 2. The molecule has 28 heavy (non-hydrogen) atoms. The fourth-order valence-electron chi connectivity index (χ4n) is 3.40. The zero-order valence-corrected chi connectivity index (χ0v) is 16.2. The molecule has 152 valence electrons. The van der Waals surface area contributed by atoms with E-state index >= 15 is 0 Å². The molecule has 8 heteroatoms. The van der Waals surface area contributed by atoms with Crippen molar-refractivity contribution in [3.05, 3.63) is 42.2 Å². The van der Waals surface area contributed by atoms with Crippen LogP contribution in [0, 0.1) is 0 Å². The first-order chi connectivity index (χ1) is 13.5. The number of rotatable bonds is 6. The topological polar surface area (TPSA) is 95.0 Å². The van der Waals surface area contributed by atoms with Gasteiger partial charge in [-0.2, -0.15) is 0 Å². The first kappa shape index (κ1) is 20.4. The second-order valence-electron chi connectivity index (χ2n) is 7.26. The first-order valence-corrected chi connectivity index (χ1v) is 9.65. The minimum absolute atomic E-state index is 0.0528. The van der Waals surface area contributed by atoms with Crippen LogP contribution < -0.4 is 5.32 Å². The highest BCUT2D eigenvalue weighted by molar-refractivity contribution is 5.79. The number of carbonyl (C=O) groups is 2. The maximum Gasteiger partial charge on any atom is 0.226 e. The molecule has 3 atom stereocenters. The molecule has 1 aromatic rings. The normalized spacial score (nSPS) is 25.5. The van der Waals surface area contributed by atoms with Crippen molar-refractivity contribution in [3.8, 4) is 0 Å². The molecule has 0 bridgehead atoms. The zero-order chi connectivity index (χ0) is 19.9. The van der Waals surface area contributed by atoms with Gasteiger partial charge in [0.05, 0.1) is 31.6 Å². The zero-order valence-electron chi connectivity index (χ0n) is 16.2. The third-order valence-electron chi connectivity index (χ3n) is 5.09. The van der Waals surface area contributed by atoms with Crippen molar-refractivity contribution in [2.24, 2.45) is 0 Å². The molecular formula is C20H28N4O4. The number of amides is 2. The molecule has 2 aliphatic heterocycles. The van der Waals surface area contributed by atoms with Crippen LogP contribution in [-0.2, 0) is 20.7 Å². The molecular weight excluding hydrogens is 360 g/mol. The Balaban J connectivity index is 1.51. The van der Waals surface area contributed by atoms with E-state index in [1.807, 2.05) is 24.1 Å². The number of aromatic nitrogens is 1. The lowest BCUT2D eigenvalue weighted by atomic mass is 10.0.